The Morgan fingerprint density at radius 1 is 1.35 bits per heavy atom. The summed E-state index contributed by atoms with van der Waals surface area (Å²) in [5.74, 6) is 1.09. The van der Waals surface area contributed by atoms with Crippen LogP contribution >= 0.6 is 0 Å². The molecule has 0 unspecified atom stereocenters. The lowest BCUT2D eigenvalue weighted by Gasteiger charge is -2.39. The van der Waals surface area contributed by atoms with Gasteiger partial charge in [0.1, 0.15) is 5.82 Å². The Labute approximate surface area is 122 Å². The quantitative estimate of drug-likeness (QED) is 0.896. The molecule has 112 valence electrons. The minimum atomic E-state index is -0.0933. The summed E-state index contributed by atoms with van der Waals surface area (Å²) >= 11 is 0. The maximum Gasteiger partial charge on any atom is 0.129 e. The minimum absolute atomic E-state index is 0.0933. The van der Waals surface area contributed by atoms with Gasteiger partial charge in [0, 0.05) is 25.3 Å². The van der Waals surface area contributed by atoms with E-state index in [2.05, 4.69) is 50.0 Å². The normalized spacial score (nSPS) is 18.3. The fraction of sp³-hybridized carbons (Fsp3) is 0.688. The number of anilines is 1. The molecule has 1 aliphatic rings. The highest BCUT2D eigenvalue weighted by atomic mass is 16.5. The minimum Gasteiger partial charge on any atom is -0.372 e. The zero-order valence-corrected chi connectivity index (χ0v) is 13.2. The third-order valence-electron chi connectivity index (χ3n) is 3.62. The number of morpholine rings is 1. The van der Waals surface area contributed by atoms with E-state index >= 15 is 0 Å². The average molecular weight is 277 g/mol. The van der Waals surface area contributed by atoms with Gasteiger partial charge in [-0.05, 0) is 44.5 Å². The molecule has 1 fully saturated rings. The number of hydrogen-bond acceptors (Lipinski definition) is 4. The van der Waals surface area contributed by atoms with Crippen LogP contribution < -0.4 is 10.2 Å². The van der Waals surface area contributed by atoms with Crippen LogP contribution in [0.25, 0.3) is 0 Å². The van der Waals surface area contributed by atoms with Crippen molar-refractivity contribution in [1.29, 1.82) is 0 Å². The van der Waals surface area contributed by atoms with Gasteiger partial charge < -0.3 is 15.0 Å². The van der Waals surface area contributed by atoms with Gasteiger partial charge in [0.2, 0.25) is 0 Å². The first-order chi connectivity index (χ1) is 9.54. The number of aryl methyl sites for hydroxylation is 1. The summed E-state index contributed by atoms with van der Waals surface area (Å²) in [4.78, 5) is 7.14. The summed E-state index contributed by atoms with van der Waals surface area (Å²) in [6.07, 6.45) is 0.973. The summed E-state index contributed by atoms with van der Waals surface area (Å²) < 4.78 is 5.79. The first-order valence-electron chi connectivity index (χ1n) is 7.63. The van der Waals surface area contributed by atoms with Gasteiger partial charge >= 0.3 is 0 Å². The smallest absolute Gasteiger partial charge is 0.129 e. The van der Waals surface area contributed by atoms with Crippen molar-refractivity contribution in [3.05, 3.63) is 23.4 Å². The summed E-state index contributed by atoms with van der Waals surface area (Å²) in [7, 11) is 0. The molecule has 0 saturated carbocycles. The fourth-order valence-electron chi connectivity index (χ4n) is 2.56. The SMILES string of the molecule is CCNCc1cc(CC)nc(N2CCOC(C)(C)C2)c1. The third kappa shape index (κ3) is 3.93. The molecule has 4 nitrogen and oxygen atoms in total. The Kier molecular flexibility index (Phi) is 5.00. The summed E-state index contributed by atoms with van der Waals surface area (Å²) in [6.45, 7) is 13.1. The van der Waals surface area contributed by atoms with Crippen LogP contribution in [-0.2, 0) is 17.7 Å². The van der Waals surface area contributed by atoms with Crippen LogP contribution in [0.2, 0.25) is 0 Å². The maximum absolute atomic E-state index is 5.79. The molecule has 0 bridgehead atoms. The Bertz CT molecular complexity index is 445. The van der Waals surface area contributed by atoms with Crippen molar-refractivity contribution < 1.29 is 4.74 Å². The number of aromatic nitrogens is 1. The molecule has 1 saturated heterocycles. The molecule has 0 aliphatic carbocycles. The maximum atomic E-state index is 5.79. The van der Waals surface area contributed by atoms with Crippen LogP contribution in [0.3, 0.4) is 0 Å². The van der Waals surface area contributed by atoms with Crippen LogP contribution in [0.15, 0.2) is 12.1 Å². The van der Waals surface area contributed by atoms with Crippen molar-refractivity contribution in [3.63, 3.8) is 0 Å². The second-order valence-corrected chi connectivity index (χ2v) is 5.99. The molecule has 0 aromatic carbocycles. The third-order valence-corrected chi connectivity index (χ3v) is 3.62. The molecular weight excluding hydrogens is 250 g/mol. The predicted molar refractivity (Wildman–Crippen MR) is 83.2 cm³/mol. The van der Waals surface area contributed by atoms with E-state index in [0.717, 1.165) is 45.0 Å². The molecule has 0 amide bonds. The molecule has 0 radical (unpaired) electrons. The number of nitrogens with one attached hydrogen (secondary N) is 1. The second kappa shape index (κ2) is 6.55. The fourth-order valence-corrected chi connectivity index (χ4v) is 2.56. The highest BCUT2D eigenvalue weighted by molar-refractivity contribution is 5.43. The van der Waals surface area contributed by atoms with Crippen molar-refractivity contribution in [2.75, 3.05) is 31.1 Å². The van der Waals surface area contributed by atoms with Crippen molar-refractivity contribution in [3.8, 4) is 0 Å². The molecule has 0 atom stereocenters. The van der Waals surface area contributed by atoms with E-state index in [1.54, 1.807) is 0 Å². The number of rotatable bonds is 5. The molecule has 20 heavy (non-hydrogen) atoms. The Hall–Kier alpha value is -1.13. The summed E-state index contributed by atoms with van der Waals surface area (Å²) in [6, 6.07) is 4.42. The Balaban J connectivity index is 2.21. The summed E-state index contributed by atoms with van der Waals surface area (Å²) in [5, 5.41) is 3.39. The van der Waals surface area contributed by atoms with Crippen LogP contribution in [-0.4, -0.2) is 36.8 Å². The second-order valence-electron chi connectivity index (χ2n) is 5.99. The van der Waals surface area contributed by atoms with E-state index in [-0.39, 0.29) is 5.60 Å². The molecule has 2 rings (SSSR count). The molecule has 2 heterocycles. The number of hydrogen-bond donors (Lipinski definition) is 1. The molecule has 1 aromatic rings. The molecule has 1 N–H and O–H groups in total. The average Bonchev–Trinajstić information content (AvgIpc) is 2.43. The van der Waals surface area contributed by atoms with Gasteiger partial charge in [-0.1, -0.05) is 13.8 Å². The van der Waals surface area contributed by atoms with Crippen LogP contribution in [0.1, 0.15) is 39.0 Å². The van der Waals surface area contributed by atoms with Crippen molar-refractivity contribution in [2.24, 2.45) is 0 Å². The lowest BCUT2D eigenvalue weighted by Crippen LogP contribution is -2.48. The van der Waals surface area contributed by atoms with E-state index in [9.17, 15) is 0 Å². The highest BCUT2D eigenvalue weighted by Gasteiger charge is 2.28. The predicted octanol–water partition coefficient (Wildman–Crippen LogP) is 2.37. The van der Waals surface area contributed by atoms with Gasteiger partial charge in [-0.3, -0.25) is 0 Å². The topological polar surface area (TPSA) is 37.4 Å². The van der Waals surface area contributed by atoms with E-state index < -0.39 is 0 Å². The Morgan fingerprint density at radius 2 is 2.15 bits per heavy atom. The zero-order chi connectivity index (χ0) is 14.6. The van der Waals surface area contributed by atoms with Crippen LogP contribution in [0.4, 0.5) is 5.82 Å². The van der Waals surface area contributed by atoms with Gasteiger partial charge in [-0.15, -0.1) is 0 Å². The van der Waals surface area contributed by atoms with Gasteiger partial charge in [0.05, 0.1) is 12.2 Å². The van der Waals surface area contributed by atoms with Gasteiger partial charge in [-0.2, -0.15) is 0 Å². The Morgan fingerprint density at radius 3 is 2.80 bits per heavy atom. The van der Waals surface area contributed by atoms with Crippen molar-refractivity contribution in [2.45, 2.75) is 46.3 Å². The molecule has 4 heteroatoms. The van der Waals surface area contributed by atoms with Gasteiger partial charge in [-0.25, -0.2) is 4.98 Å². The largest absolute Gasteiger partial charge is 0.372 e. The van der Waals surface area contributed by atoms with Crippen molar-refractivity contribution in [1.82, 2.24) is 10.3 Å². The number of nitrogens with zero attached hydrogens (tertiary/aromatic N) is 2. The monoisotopic (exact) mass is 277 g/mol. The van der Waals surface area contributed by atoms with Gasteiger partial charge in [0.25, 0.3) is 0 Å². The van der Waals surface area contributed by atoms with E-state index in [1.807, 2.05) is 0 Å². The first kappa shape index (κ1) is 15.3. The summed E-state index contributed by atoms with van der Waals surface area (Å²) in [5.41, 5.74) is 2.39. The first-order valence-corrected chi connectivity index (χ1v) is 7.63. The molecular formula is C16H27N3O. The lowest BCUT2D eigenvalue weighted by molar-refractivity contribution is -0.0279. The van der Waals surface area contributed by atoms with Crippen LogP contribution in [0, 0.1) is 0 Å². The van der Waals surface area contributed by atoms with Gasteiger partial charge in [0.15, 0.2) is 0 Å². The molecule has 1 aliphatic heterocycles. The lowest BCUT2D eigenvalue weighted by atomic mass is 10.1. The van der Waals surface area contributed by atoms with Crippen molar-refractivity contribution >= 4 is 5.82 Å². The number of pyridine rings is 1. The van der Waals surface area contributed by atoms with E-state index in [1.165, 1.54) is 11.3 Å². The number of ether oxygens (including phenoxy) is 1. The van der Waals surface area contributed by atoms with Crippen LogP contribution in [0.5, 0.6) is 0 Å². The zero-order valence-electron chi connectivity index (χ0n) is 13.2. The highest BCUT2D eigenvalue weighted by Crippen LogP contribution is 2.23. The van der Waals surface area contributed by atoms with E-state index in [0.29, 0.717) is 0 Å². The molecule has 1 aromatic heterocycles. The molecule has 0 spiro atoms. The standard InChI is InChI=1S/C16H27N3O/c1-5-14-9-13(11-17-6-2)10-15(18-14)19-7-8-20-16(3,4)12-19/h9-10,17H,5-8,11-12H2,1-4H3. The van der Waals surface area contributed by atoms with E-state index in [4.69, 9.17) is 9.72 Å².